The van der Waals surface area contributed by atoms with Gasteiger partial charge in [0.2, 0.25) is 16.4 Å². The van der Waals surface area contributed by atoms with Crippen molar-refractivity contribution in [1.82, 2.24) is 24.5 Å². The van der Waals surface area contributed by atoms with Crippen molar-refractivity contribution in [3.63, 3.8) is 0 Å². The highest BCUT2D eigenvalue weighted by atomic mass is 32.2. The fourth-order valence-electron chi connectivity index (χ4n) is 12.8. The summed E-state index contributed by atoms with van der Waals surface area (Å²) in [5, 5.41) is 0. The number of aromatic amines is 1. The van der Waals surface area contributed by atoms with Gasteiger partial charge in [-0.3, -0.25) is 0 Å². The molecule has 125 heavy (non-hydrogen) atoms. The van der Waals surface area contributed by atoms with Crippen molar-refractivity contribution in [2.24, 2.45) is 35.5 Å². The van der Waals surface area contributed by atoms with Crippen molar-refractivity contribution < 1.29 is 48.3 Å². The van der Waals surface area contributed by atoms with Crippen LogP contribution in [0.15, 0.2) is 30.5 Å². The number of halogens is 5. The fourth-order valence-corrected chi connectivity index (χ4v) is 17.5. The number of ether oxygens (including phenoxy) is 2. The number of unbranched alkanes of at least 4 members (excludes halogenated alkanes) is 8. The minimum Gasteiger partial charge on any atom is -0.379 e. The number of likely N-dealkylation sites (tertiary alicyclic amines) is 1. The molecule has 19 heteroatoms. The maximum atomic E-state index is 12.1. The fraction of sp³-hybridized carbons (Fsp3) is 0.915. The van der Waals surface area contributed by atoms with Gasteiger partial charge in [0.25, 0.3) is 0 Å². The van der Waals surface area contributed by atoms with E-state index >= 15 is 0 Å². The summed E-state index contributed by atoms with van der Waals surface area (Å²) in [7, 11) is -4.14. The second kappa shape index (κ2) is 107. The molecule has 1 saturated carbocycles. The molecular formula is C106H224F5N5O6S2Si. The third-order valence-corrected chi connectivity index (χ3v) is 29.2. The predicted molar refractivity (Wildman–Crippen MR) is 556 cm³/mol. The van der Waals surface area contributed by atoms with Crippen LogP contribution in [0.2, 0.25) is 25.2 Å². The van der Waals surface area contributed by atoms with Crippen LogP contribution in [-0.4, -0.2) is 147 Å². The van der Waals surface area contributed by atoms with Crippen LogP contribution in [0, 0.1) is 35.5 Å². The molecule has 4 atom stereocenters. The van der Waals surface area contributed by atoms with E-state index in [0.29, 0.717) is 25.1 Å². The summed E-state index contributed by atoms with van der Waals surface area (Å²) < 4.78 is 113. The Kier molecular flexibility index (Phi) is 123. The Labute approximate surface area is 782 Å². The van der Waals surface area contributed by atoms with E-state index in [0.717, 1.165) is 126 Å². The highest BCUT2D eigenvalue weighted by Gasteiger charge is 2.37. The molecule has 2 N–H and O–H groups in total. The third kappa shape index (κ3) is 116. The van der Waals surface area contributed by atoms with E-state index in [4.69, 9.17) is 9.47 Å². The SMILES string of the molecule is CCC(F)F.CCCC.CCCC(CCC)C(F)(F)F.CCCCCC(C)C(C)C.CCCCCC(C)CC.CCCCS(=O)(=O)CC.CCCC[C@H](CC)C1CC1.CCCC[C@H](CC)N1CCCC1.CCCN(C)CCC.CCCNS(=O)(=O)CC.CCCOCCOCCC.CCC[Si](C)(C)CCC.CCc1ccc(CC)cc1.CCc1cnc(CC)[nH]1. The van der Waals surface area contributed by atoms with Gasteiger partial charge in [-0.2, -0.15) is 13.2 Å². The average molecular weight is 1850 g/mol. The standard InChI is InChI=1S/C11H23N.C10H14.C10H20.C10H22.C9H20.C8H15F3.C8H18O2.C8H20Si.C7H12N2.C7H17N.C6H14O2S.C5H13NO2S.C4H10.C3H6F2/c1-3-5-8-11(4-2)12-9-6-7-10-12;1-3-9-5-7-10(4-2)8-6-9;1-3-5-6-9(4-2)10-7-8-10;1-5-6-7-8-10(4)9(2)3;1-4-6-7-8-9(3)5-2;1-3-5-7(6-4-2)8(9,10)11;1-3-5-9-7-8-10-6-4-2;1-5-7-9(3,4)8-6-2;1-3-6-5-8-7(4-2)9-6;1-4-6-8(3)7-5-2;2*1-3-5-6-9(7,8)4-2;1-3-4-2;1-2-3(4)5/h11H,3-10H2,1-2H3;5-8H,3-4H2,1-2H3;9-10H,3-8H2,1-2H3;9-10H,5-8H2,1-4H3;9H,4-8H2,1-3H3;7H,3-6H2,1-2H3;3-8H2,1-2H3;5-8H2,1-4H3;5H,3-4H2,1-2H3,(H,8,9);4-7H2,1-3H3;3-6H2,1-2H3;6H,3-5H2,1-2H3;3-4H2,1-2H3;3H,2H2,1H3/t11-;;9-;;;;;;;;;;;/m0.0.........../s1. The molecule has 1 saturated heterocycles. The third-order valence-electron chi connectivity index (χ3n) is 22.3. The van der Waals surface area contributed by atoms with Crippen molar-refractivity contribution in [1.29, 1.82) is 0 Å². The van der Waals surface area contributed by atoms with Crippen molar-refractivity contribution >= 4 is 27.9 Å². The number of nitrogens with zero attached hydrogens (tertiary/aromatic N) is 3. The first-order valence-electron chi connectivity index (χ1n) is 52.5. The van der Waals surface area contributed by atoms with Crippen LogP contribution in [0.5, 0.6) is 0 Å². The zero-order chi connectivity index (χ0) is 98.0. The highest BCUT2D eigenvalue weighted by molar-refractivity contribution is 7.91. The molecule has 2 unspecified atom stereocenters. The predicted octanol–water partition coefficient (Wildman–Crippen LogP) is 34.4. The van der Waals surface area contributed by atoms with Crippen molar-refractivity contribution in [3.05, 3.63) is 53.1 Å². The van der Waals surface area contributed by atoms with Gasteiger partial charge in [-0.1, -0.05) is 391 Å². The van der Waals surface area contributed by atoms with Gasteiger partial charge < -0.3 is 24.3 Å². The maximum Gasteiger partial charge on any atom is 0.391 e. The Hall–Kier alpha value is -2.00. The number of imidazole rings is 1. The maximum absolute atomic E-state index is 12.1. The second-order valence-electron chi connectivity index (χ2n) is 35.6. The Morgan fingerprint density at radius 2 is 0.944 bits per heavy atom. The molecule has 1 aliphatic carbocycles. The van der Waals surface area contributed by atoms with E-state index < -0.39 is 46.5 Å². The number of rotatable bonds is 53. The molecule has 760 valence electrons. The van der Waals surface area contributed by atoms with Gasteiger partial charge in [0.1, 0.15) is 15.7 Å². The Balaban J connectivity index is -0.000000143. The van der Waals surface area contributed by atoms with Gasteiger partial charge in [0, 0.05) is 64.4 Å². The molecule has 1 aromatic carbocycles. The summed E-state index contributed by atoms with van der Waals surface area (Å²) in [5.74, 6) is 5.81. The number of benzene rings is 1. The molecule has 1 aliphatic heterocycles. The van der Waals surface area contributed by atoms with Gasteiger partial charge in [0.15, 0.2) is 0 Å². The normalized spacial score (nSPS) is 13.1. The van der Waals surface area contributed by atoms with Crippen molar-refractivity contribution in [3.8, 4) is 0 Å². The summed E-state index contributed by atoms with van der Waals surface area (Å²) in [4.78, 5) is 12.4. The molecule has 0 spiro atoms. The quantitative estimate of drug-likeness (QED) is 0.0377. The molecule has 11 nitrogen and oxygen atoms in total. The zero-order valence-electron chi connectivity index (χ0n) is 89.9. The van der Waals surface area contributed by atoms with Gasteiger partial charge in [-0.25, -0.2) is 35.3 Å². The minimum atomic E-state index is -3.98. The topological polar surface area (TPSA) is 134 Å². The molecular weight excluding hydrogens is 1630 g/mol. The van der Waals surface area contributed by atoms with Crippen LogP contribution < -0.4 is 4.72 Å². The molecule has 2 aromatic rings. The van der Waals surface area contributed by atoms with E-state index in [1.165, 1.54) is 235 Å². The summed E-state index contributed by atoms with van der Waals surface area (Å²) in [6.07, 6.45) is 44.5. The van der Waals surface area contributed by atoms with E-state index in [2.05, 4.69) is 228 Å². The lowest BCUT2D eigenvalue weighted by molar-refractivity contribution is -0.178. The van der Waals surface area contributed by atoms with E-state index in [1.807, 2.05) is 20.0 Å². The van der Waals surface area contributed by atoms with Crippen LogP contribution in [0.25, 0.3) is 0 Å². The highest BCUT2D eigenvalue weighted by Crippen LogP contribution is 2.41. The van der Waals surface area contributed by atoms with E-state index in [1.54, 1.807) is 27.7 Å². The van der Waals surface area contributed by atoms with Crippen LogP contribution in [-0.2, 0) is 55.0 Å². The Bertz CT molecular complexity index is 2420. The molecule has 0 amide bonds. The van der Waals surface area contributed by atoms with Crippen LogP contribution >= 0.6 is 0 Å². The number of alkyl halides is 5. The molecule has 2 heterocycles. The number of sulfonamides is 1. The average Bonchev–Trinajstić information content (AvgIpc) is 1.64. The van der Waals surface area contributed by atoms with Crippen molar-refractivity contribution in [2.75, 3.05) is 83.5 Å². The van der Waals surface area contributed by atoms with Crippen LogP contribution in [0.3, 0.4) is 0 Å². The lowest BCUT2D eigenvalue weighted by Crippen LogP contribution is -2.31. The second-order valence-corrected chi connectivity index (χ2v) is 45.5. The first-order chi connectivity index (χ1) is 59.3. The lowest BCUT2D eigenvalue weighted by atomic mass is 9.92. The summed E-state index contributed by atoms with van der Waals surface area (Å²) in [5.41, 5.74) is 4.08. The van der Waals surface area contributed by atoms with Gasteiger partial charge in [-0.05, 0) is 190 Å². The molecule has 0 bridgehead atoms. The van der Waals surface area contributed by atoms with Crippen LogP contribution in [0.1, 0.15) is 468 Å². The van der Waals surface area contributed by atoms with Gasteiger partial charge in [0.05, 0.1) is 30.6 Å². The largest absolute Gasteiger partial charge is 0.391 e. The van der Waals surface area contributed by atoms with Crippen molar-refractivity contribution in [2.45, 2.75) is 515 Å². The molecule has 2 fully saturated rings. The minimum absolute atomic E-state index is 0.0278. The number of aromatic nitrogens is 2. The number of hydrogen-bond acceptors (Lipinski definition) is 9. The molecule has 2 aliphatic rings. The van der Waals surface area contributed by atoms with E-state index in [9.17, 15) is 38.8 Å². The summed E-state index contributed by atoms with van der Waals surface area (Å²) >= 11 is 0. The first kappa shape index (κ1) is 143. The number of nitrogens with one attached hydrogen (secondary N) is 2. The zero-order valence-corrected chi connectivity index (χ0v) is 92.5. The lowest BCUT2D eigenvalue weighted by Gasteiger charge is -2.26. The number of H-pyrrole nitrogens is 1. The van der Waals surface area contributed by atoms with Gasteiger partial charge in [-0.15, -0.1) is 0 Å². The Morgan fingerprint density at radius 1 is 0.496 bits per heavy atom. The molecule has 1 aromatic heterocycles. The van der Waals surface area contributed by atoms with Crippen LogP contribution in [0.4, 0.5) is 22.0 Å². The van der Waals surface area contributed by atoms with E-state index in [-0.39, 0.29) is 30.8 Å². The monoisotopic (exact) mass is 1850 g/mol. The number of aryl methyl sites for hydroxylation is 4. The Morgan fingerprint density at radius 3 is 1.24 bits per heavy atom. The number of hydrogen-bond donors (Lipinski definition) is 2. The smallest absolute Gasteiger partial charge is 0.379 e. The molecule has 0 radical (unpaired) electrons. The first-order valence-corrected chi connectivity index (χ1v) is 59.4. The summed E-state index contributed by atoms with van der Waals surface area (Å²) in [6.45, 7) is 77.8. The molecule has 4 rings (SSSR count). The van der Waals surface area contributed by atoms with Gasteiger partial charge >= 0.3 is 6.18 Å². The summed E-state index contributed by atoms with van der Waals surface area (Å²) in [6, 6.07) is 12.8. The number of sulfone groups is 1.